The number of hydrogen-bond acceptors (Lipinski definition) is 2. The number of fused-ring (bicyclic) bond motifs is 1. The second kappa shape index (κ2) is 5.46. The fourth-order valence-corrected chi connectivity index (χ4v) is 3.39. The van der Waals surface area contributed by atoms with Crippen LogP contribution in [0.5, 0.6) is 0 Å². The van der Waals surface area contributed by atoms with Crippen LogP contribution in [0.25, 0.3) is 10.9 Å². The van der Waals surface area contributed by atoms with Crippen LogP contribution >= 0.6 is 38.5 Å². The Bertz CT molecular complexity index is 498. The summed E-state index contributed by atoms with van der Waals surface area (Å²) in [6.07, 6.45) is 0.977. The molecule has 0 aliphatic carbocycles. The van der Waals surface area contributed by atoms with Crippen LogP contribution in [0.4, 0.5) is 0 Å². The smallest absolute Gasteiger partial charge is 0.137 e. The molecule has 0 radical (unpaired) electrons. The van der Waals surface area contributed by atoms with Crippen molar-refractivity contribution in [2.24, 2.45) is 0 Å². The summed E-state index contributed by atoms with van der Waals surface area (Å²) < 4.78 is 9.22. The molecule has 86 valence electrons. The summed E-state index contributed by atoms with van der Waals surface area (Å²) in [5, 5.41) is 5.69. The maximum Gasteiger partial charge on any atom is 0.137 e. The van der Waals surface area contributed by atoms with Crippen molar-refractivity contribution in [3.05, 3.63) is 26.4 Å². The highest BCUT2D eigenvalue weighted by atomic mass is 127. The quantitative estimate of drug-likeness (QED) is 0.586. The van der Waals surface area contributed by atoms with Gasteiger partial charge in [-0.15, -0.1) is 0 Å². The summed E-state index contributed by atoms with van der Waals surface area (Å²) in [5.74, 6) is 0. The van der Waals surface area contributed by atoms with E-state index in [1.165, 1.54) is 14.5 Å². The molecule has 0 saturated carbocycles. The Labute approximate surface area is 116 Å². The van der Waals surface area contributed by atoms with E-state index in [1.54, 1.807) is 7.11 Å². The molecule has 0 spiro atoms. The highest BCUT2D eigenvalue weighted by molar-refractivity contribution is 14.1. The van der Waals surface area contributed by atoms with Crippen molar-refractivity contribution in [2.45, 2.75) is 13.0 Å². The summed E-state index contributed by atoms with van der Waals surface area (Å²) in [5.41, 5.74) is 1.18. The zero-order valence-corrected chi connectivity index (χ0v) is 12.7. The Morgan fingerprint density at radius 3 is 3.06 bits per heavy atom. The number of halogens is 2. The molecule has 0 aliphatic rings. The number of ether oxygens (including phenoxy) is 1. The van der Waals surface area contributed by atoms with Crippen molar-refractivity contribution in [1.82, 2.24) is 9.78 Å². The molecule has 0 fully saturated rings. The molecule has 0 bridgehead atoms. The van der Waals surface area contributed by atoms with Crippen LogP contribution < -0.4 is 0 Å². The fourth-order valence-electron chi connectivity index (χ4n) is 1.67. The summed E-state index contributed by atoms with van der Waals surface area (Å²) in [6, 6.07) is 6.25. The summed E-state index contributed by atoms with van der Waals surface area (Å²) in [4.78, 5) is 0. The lowest BCUT2D eigenvalue weighted by molar-refractivity contribution is 0.189. The van der Waals surface area contributed by atoms with Gasteiger partial charge in [-0.05, 0) is 57.1 Å². The van der Waals surface area contributed by atoms with E-state index >= 15 is 0 Å². The molecular formula is C11H12BrIN2O. The molecule has 0 saturated heterocycles. The lowest BCUT2D eigenvalue weighted by Crippen LogP contribution is -2.02. The molecule has 0 amide bonds. The normalized spacial score (nSPS) is 11.2. The number of benzene rings is 1. The number of nitrogens with zero attached hydrogens (tertiary/aromatic N) is 2. The second-order valence-corrected chi connectivity index (χ2v) is 5.41. The number of aromatic nitrogens is 2. The summed E-state index contributed by atoms with van der Waals surface area (Å²) >= 11 is 5.84. The maximum absolute atomic E-state index is 5.05. The first-order valence-electron chi connectivity index (χ1n) is 5.03. The van der Waals surface area contributed by atoms with Gasteiger partial charge in [0.2, 0.25) is 0 Å². The standard InChI is InChI=1S/C11H12BrIN2O/c1-16-7-3-6-15-9-5-2-4-8(13)10(9)11(12)14-15/h2,4-5H,3,6-7H2,1H3. The summed E-state index contributed by atoms with van der Waals surface area (Å²) in [7, 11) is 1.72. The lowest BCUT2D eigenvalue weighted by atomic mass is 10.2. The van der Waals surface area contributed by atoms with Crippen molar-refractivity contribution in [3.63, 3.8) is 0 Å². The van der Waals surface area contributed by atoms with Crippen LogP contribution in [-0.4, -0.2) is 23.5 Å². The third-order valence-electron chi connectivity index (χ3n) is 2.40. The van der Waals surface area contributed by atoms with Crippen molar-refractivity contribution >= 4 is 49.4 Å². The Balaban J connectivity index is 2.36. The van der Waals surface area contributed by atoms with Crippen molar-refractivity contribution in [1.29, 1.82) is 0 Å². The highest BCUT2D eigenvalue weighted by Gasteiger charge is 2.10. The first-order chi connectivity index (χ1) is 7.74. The van der Waals surface area contributed by atoms with E-state index in [0.29, 0.717) is 0 Å². The predicted molar refractivity (Wildman–Crippen MR) is 76.6 cm³/mol. The minimum atomic E-state index is 0.767. The third-order valence-corrected chi connectivity index (χ3v) is 3.86. The van der Waals surface area contributed by atoms with Gasteiger partial charge in [-0.3, -0.25) is 4.68 Å². The minimum Gasteiger partial charge on any atom is -0.385 e. The van der Waals surface area contributed by atoms with E-state index < -0.39 is 0 Å². The van der Waals surface area contributed by atoms with Crippen LogP contribution in [0.1, 0.15) is 6.42 Å². The number of methoxy groups -OCH3 is 1. The van der Waals surface area contributed by atoms with Gasteiger partial charge in [0.15, 0.2) is 0 Å². The largest absolute Gasteiger partial charge is 0.385 e. The van der Waals surface area contributed by atoms with Crippen molar-refractivity contribution in [2.75, 3.05) is 13.7 Å². The molecule has 3 nitrogen and oxygen atoms in total. The Morgan fingerprint density at radius 1 is 1.50 bits per heavy atom. The second-order valence-electron chi connectivity index (χ2n) is 3.49. The molecule has 2 rings (SSSR count). The van der Waals surface area contributed by atoms with E-state index in [9.17, 15) is 0 Å². The van der Waals surface area contributed by atoms with Crippen molar-refractivity contribution < 1.29 is 4.74 Å². The van der Waals surface area contributed by atoms with Crippen LogP contribution in [0.15, 0.2) is 22.8 Å². The molecule has 16 heavy (non-hydrogen) atoms. The third kappa shape index (κ3) is 2.41. The van der Waals surface area contributed by atoms with E-state index in [-0.39, 0.29) is 0 Å². The van der Waals surface area contributed by atoms with Gasteiger partial charge < -0.3 is 4.74 Å². The highest BCUT2D eigenvalue weighted by Crippen LogP contribution is 2.27. The molecule has 0 unspecified atom stereocenters. The van der Waals surface area contributed by atoms with E-state index in [4.69, 9.17) is 4.74 Å². The molecule has 0 atom stereocenters. The van der Waals surface area contributed by atoms with Crippen LogP contribution in [0.3, 0.4) is 0 Å². The number of rotatable bonds is 4. The Morgan fingerprint density at radius 2 is 2.31 bits per heavy atom. The van der Waals surface area contributed by atoms with Crippen molar-refractivity contribution in [3.8, 4) is 0 Å². The minimum absolute atomic E-state index is 0.767. The van der Waals surface area contributed by atoms with Crippen LogP contribution in [-0.2, 0) is 11.3 Å². The molecule has 1 aromatic heterocycles. The fraction of sp³-hybridized carbons (Fsp3) is 0.364. The van der Waals surface area contributed by atoms with Gasteiger partial charge in [0.1, 0.15) is 4.60 Å². The molecule has 0 aliphatic heterocycles. The average Bonchev–Trinajstić information content (AvgIpc) is 2.58. The van der Waals surface area contributed by atoms with E-state index in [2.05, 4.69) is 61.8 Å². The maximum atomic E-state index is 5.05. The zero-order chi connectivity index (χ0) is 11.5. The van der Waals surface area contributed by atoms with Gasteiger partial charge in [0, 0.05) is 29.2 Å². The molecule has 5 heteroatoms. The van der Waals surface area contributed by atoms with Gasteiger partial charge in [-0.25, -0.2) is 0 Å². The lowest BCUT2D eigenvalue weighted by Gasteiger charge is -2.02. The predicted octanol–water partition coefficient (Wildman–Crippen LogP) is 3.44. The van der Waals surface area contributed by atoms with Gasteiger partial charge in [-0.1, -0.05) is 6.07 Å². The van der Waals surface area contributed by atoms with Crippen LogP contribution in [0.2, 0.25) is 0 Å². The summed E-state index contributed by atoms with van der Waals surface area (Å²) in [6.45, 7) is 1.65. The topological polar surface area (TPSA) is 27.1 Å². The van der Waals surface area contributed by atoms with Gasteiger partial charge in [0.05, 0.1) is 5.52 Å². The van der Waals surface area contributed by atoms with Gasteiger partial charge in [-0.2, -0.15) is 5.10 Å². The monoisotopic (exact) mass is 394 g/mol. The molecular weight excluding hydrogens is 383 g/mol. The zero-order valence-electron chi connectivity index (χ0n) is 8.91. The molecule has 1 heterocycles. The van der Waals surface area contributed by atoms with E-state index in [0.717, 1.165) is 24.2 Å². The number of hydrogen-bond donors (Lipinski definition) is 0. The molecule has 1 aromatic carbocycles. The number of aryl methyl sites for hydroxylation is 1. The first kappa shape index (κ1) is 12.3. The Kier molecular flexibility index (Phi) is 4.21. The van der Waals surface area contributed by atoms with Crippen LogP contribution in [0, 0.1) is 3.57 Å². The SMILES string of the molecule is COCCCn1nc(Br)c2c(I)cccc21. The average molecular weight is 395 g/mol. The Hall–Kier alpha value is -0.140. The molecule has 0 N–H and O–H groups in total. The molecule has 2 aromatic rings. The van der Waals surface area contributed by atoms with Gasteiger partial charge in [0.25, 0.3) is 0 Å². The first-order valence-corrected chi connectivity index (χ1v) is 6.90. The van der Waals surface area contributed by atoms with E-state index in [1.807, 2.05) is 4.68 Å². The van der Waals surface area contributed by atoms with Gasteiger partial charge >= 0.3 is 0 Å².